The van der Waals surface area contributed by atoms with Gasteiger partial charge in [0.05, 0.1) is 32.4 Å². The molecule has 3 heterocycles. The predicted molar refractivity (Wildman–Crippen MR) is 164 cm³/mol. The van der Waals surface area contributed by atoms with Crippen LogP contribution in [0.25, 0.3) is 16.8 Å². The van der Waals surface area contributed by atoms with Crippen molar-refractivity contribution in [2.75, 3.05) is 44.0 Å². The third kappa shape index (κ3) is 7.47. The molecule has 0 aliphatic carbocycles. The van der Waals surface area contributed by atoms with Crippen LogP contribution in [0.5, 0.6) is 11.5 Å². The molecule has 0 bridgehead atoms. The van der Waals surface area contributed by atoms with Crippen LogP contribution in [0.1, 0.15) is 45.1 Å². The maximum absolute atomic E-state index is 12.3. The van der Waals surface area contributed by atoms with Gasteiger partial charge in [0.25, 0.3) is 6.01 Å². The van der Waals surface area contributed by atoms with Gasteiger partial charge in [-0.1, -0.05) is 6.07 Å². The van der Waals surface area contributed by atoms with Crippen LogP contribution in [0.3, 0.4) is 0 Å². The van der Waals surface area contributed by atoms with Gasteiger partial charge in [-0.3, -0.25) is 14.5 Å². The summed E-state index contributed by atoms with van der Waals surface area (Å²) in [4.78, 5) is 30.7. The summed E-state index contributed by atoms with van der Waals surface area (Å²) in [5.41, 5.74) is 3.74. The van der Waals surface area contributed by atoms with Gasteiger partial charge in [-0.15, -0.1) is 0 Å². The van der Waals surface area contributed by atoms with E-state index < -0.39 is 5.97 Å². The number of hydrogen-bond donors (Lipinski definition) is 2. The van der Waals surface area contributed by atoms with Crippen LogP contribution in [-0.4, -0.2) is 65.8 Å². The highest BCUT2D eigenvalue weighted by Crippen LogP contribution is 2.36. The molecule has 1 aliphatic heterocycles. The Morgan fingerprint density at radius 2 is 1.70 bits per heavy atom. The minimum Gasteiger partial charge on any atom is -0.492 e. The Kier molecular flexibility index (Phi) is 9.83. The van der Waals surface area contributed by atoms with Gasteiger partial charge in [-0.25, -0.2) is 0 Å². The number of para-hydroxylation sites is 1. The fraction of sp³-hybridized carbons (Fsp3) is 0.406. The number of benzene rings is 2. The van der Waals surface area contributed by atoms with Crippen molar-refractivity contribution in [2.24, 2.45) is 0 Å². The highest BCUT2D eigenvalue weighted by Gasteiger charge is 2.23. The molecular weight excluding hydrogens is 550 g/mol. The van der Waals surface area contributed by atoms with Crippen molar-refractivity contribution in [1.82, 2.24) is 14.5 Å². The van der Waals surface area contributed by atoms with Gasteiger partial charge < -0.3 is 33.8 Å². The van der Waals surface area contributed by atoms with E-state index in [-0.39, 0.29) is 24.8 Å². The van der Waals surface area contributed by atoms with Crippen LogP contribution in [-0.2, 0) is 20.9 Å². The first-order valence-electron chi connectivity index (χ1n) is 14.8. The lowest BCUT2D eigenvalue weighted by Gasteiger charge is -2.32. The lowest BCUT2D eigenvalue weighted by atomic mass is 10.0. The van der Waals surface area contributed by atoms with Crippen LogP contribution in [0.2, 0.25) is 0 Å². The summed E-state index contributed by atoms with van der Waals surface area (Å²) in [5, 5.41) is 6.26. The largest absolute Gasteiger partial charge is 0.492 e. The Morgan fingerprint density at radius 3 is 2.35 bits per heavy atom. The van der Waals surface area contributed by atoms with Gasteiger partial charge in [-0.2, -0.15) is 4.98 Å². The fourth-order valence-corrected chi connectivity index (χ4v) is 5.31. The zero-order chi connectivity index (χ0) is 30.2. The number of piperidine rings is 1. The van der Waals surface area contributed by atoms with E-state index in [0.29, 0.717) is 36.0 Å². The number of fused-ring (bicyclic) bond motifs is 1. The van der Waals surface area contributed by atoms with Gasteiger partial charge in [-0.05, 0) is 68.7 Å². The number of anilines is 2. The number of aromatic nitrogens is 2. The van der Waals surface area contributed by atoms with E-state index >= 15 is 0 Å². The van der Waals surface area contributed by atoms with Crippen molar-refractivity contribution in [1.29, 1.82) is 0 Å². The lowest BCUT2D eigenvalue weighted by Crippen LogP contribution is -2.38. The van der Waals surface area contributed by atoms with E-state index in [4.69, 9.17) is 13.9 Å². The van der Waals surface area contributed by atoms with Crippen molar-refractivity contribution in [3.63, 3.8) is 0 Å². The van der Waals surface area contributed by atoms with Crippen molar-refractivity contribution < 1.29 is 28.2 Å². The molecule has 0 unspecified atom stereocenters. The second-order valence-corrected chi connectivity index (χ2v) is 10.4. The molecule has 11 heteroatoms. The monoisotopic (exact) mass is 589 g/mol. The van der Waals surface area contributed by atoms with E-state index in [1.54, 1.807) is 12.1 Å². The van der Waals surface area contributed by atoms with Crippen molar-refractivity contribution in [3.8, 4) is 17.2 Å². The highest BCUT2D eigenvalue weighted by molar-refractivity contribution is 6.00. The first-order chi connectivity index (χ1) is 21.0. The van der Waals surface area contributed by atoms with E-state index in [1.165, 1.54) is 7.11 Å². The third-order valence-corrected chi connectivity index (χ3v) is 7.36. The molecule has 2 N–H and O–H groups in total. The number of ether oxygens (including phenoxy) is 3. The third-order valence-electron chi connectivity index (χ3n) is 7.36. The van der Waals surface area contributed by atoms with Gasteiger partial charge in [0, 0.05) is 44.5 Å². The van der Waals surface area contributed by atoms with Gasteiger partial charge in [0.1, 0.15) is 22.7 Å². The number of esters is 1. The van der Waals surface area contributed by atoms with Crippen LogP contribution in [0, 0.1) is 0 Å². The van der Waals surface area contributed by atoms with Crippen LogP contribution >= 0.6 is 0 Å². The molecule has 228 valence electrons. The molecule has 1 fully saturated rings. The molecule has 0 radical (unpaired) electrons. The summed E-state index contributed by atoms with van der Waals surface area (Å²) >= 11 is 0. The lowest BCUT2D eigenvalue weighted by molar-refractivity contribution is -0.141. The van der Waals surface area contributed by atoms with Crippen molar-refractivity contribution >= 4 is 34.7 Å². The number of likely N-dealkylation sites (tertiary alicyclic amines) is 1. The van der Waals surface area contributed by atoms with E-state index in [0.717, 1.165) is 55.2 Å². The zero-order valence-electron chi connectivity index (χ0n) is 24.9. The number of nitrogens with zero attached hydrogens (tertiary/aromatic N) is 3. The van der Waals surface area contributed by atoms with Gasteiger partial charge in [0.15, 0.2) is 5.58 Å². The van der Waals surface area contributed by atoms with E-state index in [9.17, 15) is 9.59 Å². The maximum atomic E-state index is 12.3. The number of oxazole rings is 1. The normalized spacial score (nSPS) is 14.0. The SMILES string of the molecule is CCOc1cc(CN2CCC(Nc3nc4c(NC(=O)CCC(=O)OC)cccc4o3)CC2)cc(OCC)c1-n1cccc1. The summed E-state index contributed by atoms with van der Waals surface area (Å²) in [6.45, 7) is 7.73. The average Bonchev–Trinajstić information content (AvgIpc) is 3.68. The molecule has 1 amide bonds. The summed E-state index contributed by atoms with van der Waals surface area (Å²) in [5.74, 6) is 0.907. The molecule has 0 saturated carbocycles. The molecule has 0 spiro atoms. The number of amides is 1. The van der Waals surface area contributed by atoms with Gasteiger partial charge in [0.2, 0.25) is 5.91 Å². The number of rotatable bonds is 13. The maximum Gasteiger partial charge on any atom is 0.306 e. The highest BCUT2D eigenvalue weighted by atomic mass is 16.5. The molecule has 2 aromatic carbocycles. The summed E-state index contributed by atoms with van der Waals surface area (Å²) in [7, 11) is 1.30. The number of nitrogens with one attached hydrogen (secondary N) is 2. The second-order valence-electron chi connectivity index (χ2n) is 10.4. The Morgan fingerprint density at radius 1 is 1.00 bits per heavy atom. The average molecular weight is 590 g/mol. The Bertz CT molecular complexity index is 1500. The van der Waals surface area contributed by atoms with Crippen LogP contribution in [0.4, 0.5) is 11.7 Å². The molecular formula is C32H39N5O6. The Balaban J connectivity index is 1.20. The topological polar surface area (TPSA) is 120 Å². The minimum absolute atomic E-state index is 0.0170. The van der Waals surface area contributed by atoms with Crippen molar-refractivity contribution in [3.05, 3.63) is 60.4 Å². The molecule has 0 atom stereocenters. The summed E-state index contributed by atoms with van der Waals surface area (Å²) in [6.07, 6.45) is 5.89. The fourth-order valence-electron chi connectivity index (χ4n) is 5.31. The van der Waals surface area contributed by atoms with E-state index in [2.05, 4.69) is 37.4 Å². The van der Waals surface area contributed by atoms with E-state index in [1.807, 2.05) is 49.0 Å². The first-order valence-corrected chi connectivity index (χ1v) is 14.8. The molecule has 4 aromatic rings. The number of carbonyl (C=O) groups excluding carboxylic acids is 2. The smallest absolute Gasteiger partial charge is 0.306 e. The number of hydrogen-bond acceptors (Lipinski definition) is 9. The van der Waals surface area contributed by atoms with Crippen LogP contribution in [0.15, 0.2) is 59.3 Å². The second kappa shape index (κ2) is 14.1. The minimum atomic E-state index is -0.427. The molecule has 2 aromatic heterocycles. The predicted octanol–water partition coefficient (Wildman–Crippen LogP) is 5.38. The standard InChI is InChI=1S/C32H39N5O6/c1-4-41-26-19-22(20-27(42-5-2)31(26)37-15-6-7-16-37)21-36-17-13-23(14-18-36)33-32-35-30-24(9-8-10-25(30)43-32)34-28(38)11-12-29(39)40-3/h6-10,15-16,19-20,23H,4-5,11-14,17-18,21H2,1-3H3,(H,33,35)(H,34,38). The molecule has 5 rings (SSSR count). The summed E-state index contributed by atoms with van der Waals surface area (Å²) < 4.78 is 24.7. The molecule has 11 nitrogen and oxygen atoms in total. The Labute approximate surface area is 251 Å². The van der Waals surface area contributed by atoms with Crippen molar-refractivity contribution in [2.45, 2.75) is 52.1 Å². The number of methoxy groups -OCH3 is 1. The van der Waals surface area contributed by atoms with Crippen LogP contribution < -0.4 is 20.1 Å². The Hall–Kier alpha value is -4.51. The number of carbonyl (C=O) groups is 2. The summed E-state index contributed by atoms with van der Waals surface area (Å²) in [6, 6.07) is 14.2. The van der Waals surface area contributed by atoms with Gasteiger partial charge >= 0.3 is 5.97 Å². The molecule has 1 saturated heterocycles. The quantitative estimate of drug-likeness (QED) is 0.198. The zero-order valence-corrected chi connectivity index (χ0v) is 24.9. The molecule has 1 aliphatic rings. The first kappa shape index (κ1) is 30.0. The molecule has 43 heavy (non-hydrogen) atoms.